The first-order valence-corrected chi connectivity index (χ1v) is 8.24. The largest absolute Gasteiger partial charge is 0.481 e. The van der Waals surface area contributed by atoms with E-state index in [1.807, 2.05) is 6.07 Å². The zero-order valence-electron chi connectivity index (χ0n) is 14.1. The Morgan fingerprint density at radius 2 is 1.92 bits per heavy atom. The smallest absolute Gasteiger partial charge is 0.319 e. The van der Waals surface area contributed by atoms with Crippen LogP contribution in [0.2, 0.25) is 0 Å². The number of carbonyl (C=O) groups excluding carboxylic acids is 2. The SMILES string of the molecule is CC(C)(CCC(=O)O)NC(=O)Nc1ccc2c(c1)C(=O)CCCC2. The summed E-state index contributed by atoms with van der Waals surface area (Å²) < 4.78 is 0. The predicted octanol–water partition coefficient (Wildman–Crippen LogP) is 3.36. The number of hydrogen-bond acceptors (Lipinski definition) is 3. The number of urea groups is 1. The van der Waals surface area contributed by atoms with Gasteiger partial charge in [-0.1, -0.05) is 6.07 Å². The van der Waals surface area contributed by atoms with Crippen LogP contribution in [-0.2, 0) is 11.2 Å². The monoisotopic (exact) mass is 332 g/mol. The molecular formula is C18H24N2O4. The van der Waals surface area contributed by atoms with E-state index in [2.05, 4.69) is 10.6 Å². The fraction of sp³-hybridized carbons (Fsp3) is 0.500. The van der Waals surface area contributed by atoms with Crippen molar-refractivity contribution in [2.75, 3.05) is 5.32 Å². The Morgan fingerprint density at radius 3 is 2.62 bits per heavy atom. The molecule has 2 amide bonds. The summed E-state index contributed by atoms with van der Waals surface area (Å²) in [6, 6.07) is 5.00. The molecule has 0 saturated carbocycles. The first kappa shape index (κ1) is 18.0. The normalized spacial score (nSPS) is 14.5. The molecule has 0 bridgehead atoms. The highest BCUT2D eigenvalue weighted by Crippen LogP contribution is 2.24. The fourth-order valence-electron chi connectivity index (χ4n) is 2.82. The second-order valence-corrected chi connectivity index (χ2v) is 6.86. The number of rotatable bonds is 5. The van der Waals surface area contributed by atoms with Crippen molar-refractivity contribution in [1.82, 2.24) is 5.32 Å². The van der Waals surface area contributed by atoms with Crippen LogP contribution >= 0.6 is 0 Å². The Hall–Kier alpha value is -2.37. The van der Waals surface area contributed by atoms with Gasteiger partial charge in [-0.05, 0) is 57.2 Å². The summed E-state index contributed by atoms with van der Waals surface area (Å²) in [5, 5.41) is 14.2. The highest BCUT2D eigenvalue weighted by Gasteiger charge is 2.22. The lowest BCUT2D eigenvalue weighted by Gasteiger charge is -2.25. The molecule has 2 rings (SSSR count). The molecule has 1 aliphatic carbocycles. The van der Waals surface area contributed by atoms with E-state index in [4.69, 9.17) is 5.11 Å². The van der Waals surface area contributed by atoms with Crippen molar-refractivity contribution in [3.05, 3.63) is 29.3 Å². The highest BCUT2D eigenvalue weighted by molar-refractivity contribution is 6.00. The fourth-order valence-corrected chi connectivity index (χ4v) is 2.82. The number of nitrogens with one attached hydrogen (secondary N) is 2. The van der Waals surface area contributed by atoms with E-state index in [1.54, 1.807) is 26.0 Å². The van der Waals surface area contributed by atoms with Crippen molar-refractivity contribution < 1.29 is 19.5 Å². The average molecular weight is 332 g/mol. The Kier molecular flexibility index (Phi) is 5.59. The molecule has 3 N–H and O–H groups in total. The van der Waals surface area contributed by atoms with Crippen LogP contribution < -0.4 is 10.6 Å². The van der Waals surface area contributed by atoms with Gasteiger partial charge < -0.3 is 15.7 Å². The van der Waals surface area contributed by atoms with Crippen LogP contribution in [0.25, 0.3) is 0 Å². The number of carboxylic acid groups (broad SMARTS) is 1. The summed E-state index contributed by atoms with van der Waals surface area (Å²) in [4.78, 5) is 34.9. The van der Waals surface area contributed by atoms with Gasteiger partial charge in [-0.2, -0.15) is 0 Å². The molecule has 1 aliphatic rings. The summed E-state index contributed by atoms with van der Waals surface area (Å²) in [5.74, 6) is -0.775. The number of carboxylic acids is 1. The van der Waals surface area contributed by atoms with E-state index < -0.39 is 17.5 Å². The van der Waals surface area contributed by atoms with Gasteiger partial charge in [0.25, 0.3) is 0 Å². The molecule has 130 valence electrons. The molecule has 0 radical (unpaired) electrons. The number of ketones is 1. The lowest BCUT2D eigenvalue weighted by Crippen LogP contribution is -2.45. The number of anilines is 1. The van der Waals surface area contributed by atoms with Gasteiger partial charge in [0.2, 0.25) is 0 Å². The molecule has 1 aromatic rings. The molecule has 0 fully saturated rings. The number of aliphatic carboxylic acids is 1. The summed E-state index contributed by atoms with van der Waals surface area (Å²) in [7, 11) is 0. The molecule has 0 heterocycles. The quantitative estimate of drug-likeness (QED) is 0.720. The van der Waals surface area contributed by atoms with Crippen LogP contribution in [0.4, 0.5) is 10.5 Å². The van der Waals surface area contributed by atoms with E-state index >= 15 is 0 Å². The number of amides is 2. The van der Waals surface area contributed by atoms with Crippen molar-refractivity contribution in [2.24, 2.45) is 0 Å². The number of carbonyl (C=O) groups is 3. The Morgan fingerprint density at radius 1 is 1.21 bits per heavy atom. The number of aryl methyl sites for hydroxylation is 1. The summed E-state index contributed by atoms with van der Waals surface area (Å²) in [6.07, 6.45) is 3.65. The van der Waals surface area contributed by atoms with E-state index in [0.717, 1.165) is 24.8 Å². The molecule has 0 atom stereocenters. The molecule has 0 saturated heterocycles. The van der Waals surface area contributed by atoms with Crippen LogP contribution in [0.15, 0.2) is 18.2 Å². The lowest BCUT2D eigenvalue weighted by molar-refractivity contribution is -0.137. The minimum Gasteiger partial charge on any atom is -0.481 e. The van der Waals surface area contributed by atoms with Gasteiger partial charge in [0.1, 0.15) is 0 Å². The van der Waals surface area contributed by atoms with Gasteiger partial charge in [-0.25, -0.2) is 4.79 Å². The topological polar surface area (TPSA) is 95.5 Å². The second kappa shape index (κ2) is 7.47. The van der Waals surface area contributed by atoms with Crippen molar-refractivity contribution in [3.63, 3.8) is 0 Å². The van der Waals surface area contributed by atoms with Crippen molar-refractivity contribution in [2.45, 2.75) is 57.9 Å². The van der Waals surface area contributed by atoms with Crippen molar-refractivity contribution in [3.8, 4) is 0 Å². The second-order valence-electron chi connectivity index (χ2n) is 6.86. The predicted molar refractivity (Wildman–Crippen MR) is 91.4 cm³/mol. The third kappa shape index (κ3) is 5.08. The Bertz CT molecular complexity index is 652. The van der Waals surface area contributed by atoms with E-state index in [-0.39, 0.29) is 12.2 Å². The number of Topliss-reactive ketones (excluding diaryl/α,β-unsaturated/α-hetero) is 1. The maximum absolute atomic E-state index is 12.1. The maximum atomic E-state index is 12.1. The standard InChI is InChI=1S/C18H24N2O4/c1-18(2,10-9-16(22)23)20-17(24)19-13-8-7-12-5-3-4-6-15(21)14(12)11-13/h7-8,11H,3-6,9-10H2,1-2H3,(H,22,23)(H2,19,20,24). The van der Waals surface area contributed by atoms with Crippen molar-refractivity contribution >= 4 is 23.5 Å². The molecule has 24 heavy (non-hydrogen) atoms. The van der Waals surface area contributed by atoms with Gasteiger partial charge in [0, 0.05) is 29.6 Å². The molecule has 0 spiro atoms. The lowest BCUT2D eigenvalue weighted by atomic mass is 9.99. The van der Waals surface area contributed by atoms with Gasteiger partial charge >= 0.3 is 12.0 Å². The zero-order chi connectivity index (χ0) is 17.7. The average Bonchev–Trinajstić information content (AvgIpc) is 2.67. The summed E-state index contributed by atoms with van der Waals surface area (Å²) >= 11 is 0. The first-order chi connectivity index (χ1) is 11.3. The van der Waals surface area contributed by atoms with Crippen LogP contribution in [0.5, 0.6) is 0 Å². The number of fused-ring (bicyclic) bond motifs is 1. The van der Waals surface area contributed by atoms with Gasteiger partial charge in [0.05, 0.1) is 0 Å². The van der Waals surface area contributed by atoms with E-state index in [0.29, 0.717) is 24.1 Å². The molecule has 0 aromatic heterocycles. The maximum Gasteiger partial charge on any atom is 0.319 e. The van der Waals surface area contributed by atoms with E-state index in [9.17, 15) is 14.4 Å². The summed E-state index contributed by atoms with van der Waals surface area (Å²) in [6.45, 7) is 3.55. The molecule has 6 nitrogen and oxygen atoms in total. The van der Waals surface area contributed by atoms with Crippen molar-refractivity contribution in [1.29, 1.82) is 0 Å². The third-order valence-corrected chi connectivity index (χ3v) is 4.18. The molecule has 1 aromatic carbocycles. The molecule has 0 unspecified atom stereocenters. The van der Waals surface area contributed by atoms with Crippen LogP contribution in [-0.4, -0.2) is 28.4 Å². The van der Waals surface area contributed by atoms with Gasteiger partial charge in [-0.15, -0.1) is 0 Å². The first-order valence-electron chi connectivity index (χ1n) is 8.24. The highest BCUT2D eigenvalue weighted by atomic mass is 16.4. The minimum atomic E-state index is -0.894. The minimum absolute atomic E-state index is 0.0133. The van der Waals surface area contributed by atoms with Crippen LogP contribution in [0.1, 0.15) is 61.9 Å². The van der Waals surface area contributed by atoms with Crippen LogP contribution in [0, 0.1) is 0 Å². The van der Waals surface area contributed by atoms with E-state index in [1.165, 1.54) is 0 Å². The molecule has 0 aliphatic heterocycles. The number of benzene rings is 1. The summed E-state index contributed by atoms with van der Waals surface area (Å²) in [5.41, 5.74) is 1.65. The third-order valence-electron chi connectivity index (χ3n) is 4.18. The van der Waals surface area contributed by atoms with Gasteiger partial charge in [0.15, 0.2) is 5.78 Å². The molecule has 6 heteroatoms. The zero-order valence-corrected chi connectivity index (χ0v) is 14.1. The Labute approximate surface area is 141 Å². The Balaban J connectivity index is 2.02. The number of hydrogen-bond donors (Lipinski definition) is 3. The van der Waals surface area contributed by atoms with Crippen LogP contribution in [0.3, 0.4) is 0 Å². The van der Waals surface area contributed by atoms with Gasteiger partial charge in [-0.3, -0.25) is 9.59 Å². The molecular weight excluding hydrogens is 308 g/mol.